The Kier molecular flexibility index (Phi) is 6.95. The number of rotatable bonds is 7. The first-order chi connectivity index (χ1) is 13.8. The van der Waals surface area contributed by atoms with E-state index < -0.39 is 0 Å². The first-order valence-corrected chi connectivity index (χ1v) is 10.2. The Morgan fingerprint density at radius 2 is 1.90 bits per heavy atom. The molecule has 0 fully saturated rings. The molecule has 0 atom stereocenters. The van der Waals surface area contributed by atoms with E-state index in [1.165, 1.54) is 28.8 Å². The van der Waals surface area contributed by atoms with Gasteiger partial charge in [0, 0.05) is 12.2 Å². The molecule has 0 spiro atoms. The highest BCUT2D eigenvalue weighted by molar-refractivity contribution is 7.11. The van der Waals surface area contributed by atoms with Gasteiger partial charge in [0.2, 0.25) is 0 Å². The van der Waals surface area contributed by atoms with Gasteiger partial charge in [-0.25, -0.2) is 4.39 Å². The molecule has 152 valence electrons. The van der Waals surface area contributed by atoms with Crippen molar-refractivity contribution in [1.82, 2.24) is 9.88 Å². The molecule has 3 aromatic rings. The summed E-state index contributed by atoms with van der Waals surface area (Å²) in [6.07, 6.45) is 0. The molecular formula is C20H17Cl2FN2O3S. The number of benzene rings is 2. The lowest BCUT2D eigenvalue weighted by molar-refractivity contribution is 0.0953. The van der Waals surface area contributed by atoms with Crippen LogP contribution in [0.15, 0.2) is 47.3 Å². The molecule has 0 saturated heterocycles. The van der Waals surface area contributed by atoms with Crippen LogP contribution in [0, 0.1) is 12.7 Å². The van der Waals surface area contributed by atoms with Crippen molar-refractivity contribution in [3.8, 4) is 5.75 Å². The number of thiazole rings is 1. The zero-order chi connectivity index (χ0) is 21.0. The molecule has 0 aliphatic rings. The van der Waals surface area contributed by atoms with Crippen LogP contribution in [0.25, 0.3) is 0 Å². The monoisotopic (exact) mass is 454 g/mol. The minimum absolute atomic E-state index is 0.216. The zero-order valence-corrected chi connectivity index (χ0v) is 17.7. The molecule has 0 saturated carbocycles. The summed E-state index contributed by atoms with van der Waals surface area (Å²) in [6.45, 7) is 2.46. The lowest BCUT2D eigenvalue weighted by Crippen LogP contribution is -2.23. The van der Waals surface area contributed by atoms with Crippen molar-refractivity contribution in [3.63, 3.8) is 0 Å². The fourth-order valence-electron chi connectivity index (χ4n) is 2.64. The summed E-state index contributed by atoms with van der Waals surface area (Å²) in [5.41, 5.74) is 1.36. The van der Waals surface area contributed by atoms with Gasteiger partial charge < -0.3 is 10.1 Å². The summed E-state index contributed by atoms with van der Waals surface area (Å²) >= 11 is 12.7. The second kappa shape index (κ2) is 9.43. The second-order valence-electron chi connectivity index (χ2n) is 6.17. The van der Waals surface area contributed by atoms with E-state index in [4.69, 9.17) is 27.9 Å². The lowest BCUT2D eigenvalue weighted by atomic mass is 10.2. The fourth-order valence-corrected chi connectivity index (χ4v) is 3.90. The summed E-state index contributed by atoms with van der Waals surface area (Å²) in [4.78, 5) is 24.9. The van der Waals surface area contributed by atoms with E-state index in [2.05, 4.69) is 5.32 Å². The SMILES string of the molecule is Cc1c(C(=O)NCc2ccc(Cl)c(Cl)c2)sc(=O)n1CCOc1ccc(F)cc1. The second-order valence-corrected chi connectivity index (χ2v) is 7.94. The van der Waals surface area contributed by atoms with Crippen molar-refractivity contribution in [2.75, 3.05) is 6.61 Å². The Labute approximate surface area is 180 Å². The highest BCUT2D eigenvalue weighted by Gasteiger charge is 2.17. The minimum Gasteiger partial charge on any atom is -0.492 e. The minimum atomic E-state index is -0.348. The quantitative estimate of drug-likeness (QED) is 0.563. The summed E-state index contributed by atoms with van der Waals surface area (Å²) in [5, 5.41) is 3.63. The topological polar surface area (TPSA) is 60.3 Å². The molecule has 0 aliphatic carbocycles. The van der Waals surface area contributed by atoms with Crippen LogP contribution in [0.1, 0.15) is 20.9 Å². The first kappa shape index (κ1) is 21.4. The number of nitrogens with one attached hydrogen (secondary N) is 1. The van der Waals surface area contributed by atoms with Crippen molar-refractivity contribution in [3.05, 3.63) is 84.1 Å². The van der Waals surface area contributed by atoms with Crippen molar-refractivity contribution < 1.29 is 13.9 Å². The normalized spacial score (nSPS) is 10.8. The molecule has 9 heteroatoms. The highest BCUT2D eigenvalue weighted by atomic mass is 35.5. The molecule has 1 N–H and O–H groups in total. The Morgan fingerprint density at radius 3 is 2.59 bits per heavy atom. The highest BCUT2D eigenvalue weighted by Crippen LogP contribution is 2.22. The third-order valence-corrected chi connectivity index (χ3v) is 6.00. The van der Waals surface area contributed by atoms with Gasteiger partial charge in [-0.15, -0.1) is 0 Å². The molecule has 0 aliphatic heterocycles. The third-order valence-electron chi connectivity index (χ3n) is 4.18. The number of ether oxygens (including phenoxy) is 1. The fraction of sp³-hybridized carbons (Fsp3) is 0.200. The number of halogens is 3. The predicted molar refractivity (Wildman–Crippen MR) is 113 cm³/mol. The van der Waals surface area contributed by atoms with Gasteiger partial charge in [0.1, 0.15) is 23.1 Å². The van der Waals surface area contributed by atoms with Crippen molar-refractivity contribution >= 4 is 40.4 Å². The standard InChI is InChI=1S/C20H17Cl2FN2O3S/c1-12-18(19(26)24-11-13-2-7-16(21)17(22)10-13)29-20(27)25(12)8-9-28-15-5-3-14(23)4-6-15/h2-7,10H,8-9,11H2,1H3,(H,24,26). The van der Waals surface area contributed by atoms with Crippen LogP contribution in [0.3, 0.4) is 0 Å². The van der Waals surface area contributed by atoms with E-state index >= 15 is 0 Å². The Hall–Kier alpha value is -2.35. The van der Waals surface area contributed by atoms with Gasteiger partial charge in [0.25, 0.3) is 5.91 Å². The molecule has 1 aromatic heterocycles. The van der Waals surface area contributed by atoms with Crippen molar-refractivity contribution in [2.24, 2.45) is 0 Å². The van der Waals surface area contributed by atoms with E-state index in [9.17, 15) is 14.0 Å². The van der Waals surface area contributed by atoms with Gasteiger partial charge in [-0.05, 0) is 48.9 Å². The predicted octanol–water partition coefficient (Wildman–Crippen LogP) is 4.67. The number of nitrogens with zero attached hydrogens (tertiary/aromatic N) is 1. The van der Waals surface area contributed by atoms with Crippen molar-refractivity contribution in [1.29, 1.82) is 0 Å². The molecule has 3 rings (SSSR count). The number of hydrogen-bond acceptors (Lipinski definition) is 4. The van der Waals surface area contributed by atoms with Crippen LogP contribution >= 0.6 is 34.5 Å². The average molecular weight is 455 g/mol. The summed E-state index contributed by atoms with van der Waals surface area (Å²) in [7, 11) is 0. The first-order valence-electron chi connectivity index (χ1n) is 8.66. The van der Waals surface area contributed by atoms with Gasteiger partial charge >= 0.3 is 4.87 Å². The molecule has 1 heterocycles. The molecule has 0 bridgehead atoms. The van der Waals surface area contributed by atoms with E-state index in [0.717, 1.165) is 16.9 Å². The van der Waals surface area contributed by atoms with E-state index in [1.807, 2.05) is 0 Å². The van der Waals surface area contributed by atoms with Crippen LogP contribution in [-0.2, 0) is 13.1 Å². The number of hydrogen-bond donors (Lipinski definition) is 1. The van der Waals surface area contributed by atoms with Gasteiger partial charge in [-0.1, -0.05) is 40.6 Å². The summed E-state index contributed by atoms with van der Waals surface area (Å²) in [6, 6.07) is 10.7. The maximum atomic E-state index is 12.9. The Balaban J connectivity index is 1.61. The molecule has 0 unspecified atom stereocenters. The maximum Gasteiger partial charge on any atom is 0.308 e. The van der Waals surface area contributed by atoms with E-state index in [-0.39, 0.29) is 36.3 Å². The Morgan fingerprint density at radius 1 is 1.17 bits per heavy atom. The lowest BCUT2D eigenvalue weighted by Gasteiger charge is -2.09. The van der Waals surface area contributed by atoms with Crippen LogP contribution in [0.5, 0.6) is 5.75 Å². The smallest absolute Gasteiger partial charge is 0.308 e. The van der Waals surface area contributed by atoms with Crippen LogP contribution in [-0.4, -0.2) is 17.1 Å². The molecule has 29 heavy (non-hydrogen) atoms. The largest absolute Gasteiger partial charge is 0.492 e. The van der Waals surface area contributed by atoms with Crippen LogP contribution in [0.2, 0.25) is 10.0 Å². The maximum absolute atomic E-state index is 12.9. The van der Waals surface area contributed by atoms with Gasteiger partial charge in [-0.2, -0.15) is 0 Å². The molecular weight excluding hydrogens is 438 g/mol. The third kappa shape index (κ3) is 5.38. The molecule has 2 aromatic carbocycles. The van der Waals surface area contributed by atoms with Crippen molar-refractivity contribution in [2.45, 2.75) is 20.0 Å². The average Bonchev–Trinajstić information content (AvgIpc) is 2.98. The van der Waals surface area contributed by atoms with Gasteiger partial charge in [0.05, 0.1) is 16.6 Å². The zero-order valence-electron chi connectivity index (χ0n) is 15.4. The van der Waals surface area contributed by atoms with Gasteiger partial charge in [-0.3, -0.25) is 14.2 Å². The summed E-state index contributed by atoms with van der Waals surface area (Å²) < 4.78 is 19.9. The molecule has 5 nitrogen and oxygen atoms in total. The number of carbonyl (C=O) groups is 1. The van der Waals surface area contributed by atoms with Crippen LogP contribution < -0.4 is 14.9 Å². The molecule has 0 radical (unpaired) electrons. The van der Waals surface area contributed by atoms with Crippen LogP contribution in [0.4, 0.5) is 4.39 Å². The molecule has 1 amide bonds. The Bertz CT molecular complexity index is 1080. The van der Waals surface area contributed by atoms with Gasteiger partial charge in [0.15, 0.2) is 0 Å². The number of carbonyl (C=O) groups excluding carboxylic acids is 1. The number of amides is 1. The van der Waals surface area contributed by atoms with E-state index in [0.29, 0.717) is 26.4 Å². The number of aromatic nitrogens is 1. The van der Waals surface area contributed by atoms with E-state index in [1.54, 1.807) is 25.1 Å². The summed E-state index contributed by atoms with van der Waals surface area (Å²) in [5.74, 6) is -0.181.